The number of para-hydroxylation sites is 1. The fraction of sp³-hybridized carbons (Fsp3) is 0.474. The largest absolute Gasteiger partial charge is 0.481 e. The molecule has 1 amide bonds. The number of aromatic nitrogens is 3. The maximum Gasteiger partial charge on any atom is 0.303 e. The van der Waals surface area contributed by atoms with Crippen LogP contribution in [0.15, 0.2) is 30.3 Å². The number of rotatable bonds is 6. The normalized spacial score (nSPS) is 17.3. The lowest BCUT2D eigenvalue weighted by Crippen LogP contribution is -2.41. The summed E-state index contributed by atoms with van der Waals surface area (Å²) < 4.78 is 1.74. The van der Waals surface area contributed by atoms with Crippen LogP contribution in [0, 0.1) is 12.8 Å². The summed E-state index contributed by atoms with van der Waals surface area (Å²) in [7, 11) is 0. The summed E-state index contributed by atoms with van der Waals surface area (Å²) in [5.41, 5.74) is 2.47. The van der Waals surface area contributed by atoms with Gasteiger partial charge in [0, 0.05) is 19.5 Å². The molecular weight excluding hydrogens is 332 g/mol. The Balaban J connectivity index is 1.63. The Morgan fingerprint density at radius 3 is 2.77 bits per heavy atom. The molecule has 2 aromatic rings. The van der Waals surface area contributed by atoms with Gasteiger partial charge in [0.15, 0.2) is 0 Å². The predicted molar refractivity (Wildman–Crippen MR) is 96.0 cm³/mol. The highest BCUT2D eigenvalue weighted by Gasteiger charge is 2.25. The van der Waals surface area contributed by atoms with E-state index in [0.717, 1.165) is 30.8 Å². The number of hydrogen-bond acceptors (Lipinski definition) is 4. The molecule has 1 saturated heterocycles. The average Bonchev–Trinajstić information content (AvgIpc) is 3.01. The molecule has 138 valence electrons. The van der Waals surface area contributed by atoms with Crippen molar-refractivity contribution >= 4 is 11.9 Å². The van der Waals surface area contributed by atoms with Gasteiger partial charge in [-0.2, -0.15) is 0 Å². The van der Waals surface area contributed by atoms with Gasteiger partial charge >= 0.3 is 5.97 Å². The van der Waals surface area contributed by atoms with Crippen LogP contribution in [0.1, 0.15) is 37.1 Å². The first kappa shape index (κ1) is 18.1. The van der Waals surface area contributed by atoms with Gasteiger partial charge in [-0.25, -0.2) is 4.68 Å². The molecule has 1 unspecified atom stereocenters. The molecule has 7 heteroatoms. The first-order chi connectivity index (χ1) is 12.5. The minimum absolute atomic E-state index is 0.0354. The minimum Gasteiger partial charge on any atom is -0.481 e. The molecule has 1 aliphatic heterocycles. The summed E-state index contributed by atoms with van der Waals surface area (Å²) in [6.45, 7) is 3.29. The van der Waals surface area contributed by atoms with Crippen LogP contribution >= 0.6 is 0 Å². The molecule has 0 bridgehead atoms. The van der Waals surface area contributed by atoms with Crippen molar-refractivity contribution in [2.75, 3.05) is 13.1 Å². The van der Waals surface area contributed by atoms with Crippen LogP contribution in [0.3, 0.4) is 0 Å². The van der Waals surface area contributed by atoms with Crippen molar-refractivity contribution in [3.05, 3.63) is 41.7 Å². The molecular formula is C19H24N4O3. The van der Waals surface area contributed by atoms with Crippen LogP contribution in [0.4, 0.5) is 0 Å². The van der Waals surface area contributed by atoms with E-state index in [-0.39, 0.29) is 24.7 Å². The van der Waals surface area contributed by atoms with Crippen LogP contribution in [-0.2, 0) is 16.0 Å². The molecule has 0 radical (unpaired) electrons. The Morgan fingerprint density at radius 2 is 2.04 bits per heavy atom. The van der Waals surface area contributed by atoms with Crippen molar-refractivity contribution in [2.24, 2.45) is 5.92 Å². The number of likely N-dealkylation sites (tertiary alicyclic amines) is 1. The van der Waals surface area contributed by atoms with Crippen LogP contribution in [0.25, 0.3) is 5.69 Å². The predicted octanol–water partition coefficient (Wildman–Crippen LogP) is 2.22. The monoisotopic (exact) mass is 356 g/mol. The van der Waals surface area contributed by atoms with E-state index in [4.69, 9.17) is 5.11 Å². The van der Waals surface area contributed by atoms with Gasteiger partial charge in [0.05, 0.1) is 23.5 Å². The standard InChI is InChI=1S/C19H24N4O3/c1-14-17(20-21-23(14)16-7-3-2-4-8-16)12-18(24)22-11-5-6-15(13-22)9-10-19(25)26/h2-4,7-8,15H,5-6,9-13H2,1H3,(H,25,26). The number of hydrogen-bond donors (Lipinski definition) is 1. The van der Waals surface area contributed by atoms with Crippen LogP contribution in [0.5, 0.6) is 0 Å². The van der Waals surface area contributed by atoms with E-state index in [9.17, 15) is 9.59 Å². The van der Waals surface area contributed by atoms with Crippen molar-refractivity contribution in [1.82, 2.24) is 19.9 Å². The molecule has 3 rings (SSSR count). The lowest BCUT2D eigenvalue weighted by atomic mass is 9.93. The lowest BCUT2D eigenvalue weighted by molar-refractivity contribution is -0.137. The molecule has 1 aliphatic rings. The van der Waals surface area contributed by atoms with Gasteiger partial charge in [-0.05, 0) is 44.2 Å². The number of carboxylic acids is 1. The molecule has 2 heterocycles. The zero-order valence-corrected chi connectivity index (χ0v) is 15.0. The highest BCUT2D eigenvalue weighted by molar-refractivity contribution is 5.78. The summed E-state index contributed by atoms with van der Waals surface area (Å²) in [6.07, 6.45) is 2.93. The maximum absolute atomic E-state index is 12.7. The van der Waals surface area contributed by atoms with Gasteiger partial charge in [-0.15, -0.1) is 5.10 Å². The molecule has 0 saturated carbocycles. The first-order valence-electron chi connectivity index (χ1n) is 9.00. The molecule has 0 aliphatic carbocycles. The number of piperidine rings is 1. The second-order valence-electron chi connectivity index (χ2n) is 6.83. The number of carbonyl (C=O) groups is 2. The smallest absolute Gasteiger partial charge is 0.303 e. The Morgan fingerprint density at radius 1 is 1.27 bits per heavy atom. The number of aliphatic carboxylic acids is 1. The highest BCUT2D eigenvalue weighted by atomic mass is 16.4. The molecule has 1 atom stereocenters. The van der Waals surface area contributed by atoms with Crippen molar-refractivity contribution in [2.45, 2.75) is 39.0 Å². The first-order valence-corrected chi connectivity index (χ1v) is 9.00. The summed E-state index contributed by atoms with van der Waals surface area (Å²) in [5, 5.41) is 17.2. The number of benzene rings is 1. The van der Waals surface area contributed by atoms with Crippen LogP contribution < -0.4 is 0 Å². The van der Waals surface area contributed by atoms with Crippen molar-refractivity contribution in [1.29, 1.82) is 0 Å². The zero-order chi connectivity index (χ0) is 18.5. The molecule has 1 aromatic heterocycles. The number of carboxylic acid groups (broad SMARTS) is 1. The Labute approximate surface area is 152 Å². The zero-order valence-electron chi connectivity index (χ0n) is 15.0. The van der Waals surface area contributed by atoms with Crippen molar-refractivity contribution in [3.63, 3.8) is 0 Å². The molecule has 1 aromatic carbocycles. The van der Waals surface area contributed by atoms with Gasteiger partial charge in [0.2, 0.25) is 5.91 Å². The Bertz CT molecular complexity index is 772. The van der Waals surface area contributed by atoms with E-state index < -0.39 is 5.97 Å². The molecule has 7 nitrogen and oxygen atoms in total. The third kappa shape index (κ3) is 4.28. The topological polar surface area (TPSA) is 88.3 Å². The molecule has 0 spiro atoms. The van der Waals surface area contributed by atoms with E-state index in [1.165, 1.54) is 0 Å². The average molecular weight is 356 g/mol. The van der Waals surface area contributed by atoms with Gasteiger partial charge in [0.25, 0.3) is 0 Å². The number of nitrogens with zero attached hydrogens (tertiary/aromatic N) is 4. The van der Waals surface area contributed by atoms with E-state index in [1.807, 2.05) is 42.2 Å². The fourth-order valence-electron chi connectivity index (χ4n) is 3.45. The summed E-state index contributed by atoms with van der Waals surface area (Å²) in [5.74, 6) is -0.472. The quantitative estimate of drug-likeness (QED) is 0.857. The van der Waals surface area contributed by atoms with Gasteiger partial charge < -0.3 is 10.0 Å². The summed E-state index contributed by atoms with van der Waals surface area (Å²) in [4.78, 5) is 25.3. The van der Waals surface area contributed by atoms with E-state index in [2.05, 4.69) is 10.3 Å². The molecule has 1 N–H and O–H groups in total. The van der Waals surface area contributed by atoms with Crippen LogP contribution in [-0.4, -0.2) is 50.0 Å². The Kier molecular flexibility index (Phi) is 5.65. The third-order valence-corrected chi connectivity index (χ3v) is 4.95. The third-order valence-electron chi connectivity index (χ3n) is 4.95. The van der Waals surface area contributed by atoms with E-state index >= 15 is 0 Å². The van der Waals surface area contributed by atoms with Crippen molar-refractivity contribution in [3.8, 4) is 5.69 Å². The van der Waals surface area contributed by atoms with Gasteiger partial charge in [-0.3, -0.25) is 9.59 Å². The van der Waals surface area contributed by atoms with Crippen molar-refractivity contribution < 1.29 is 14.7 Å². The van der Waals surface area contributed by atoms with E-state index in [1.54, 1.807) is 4.68 Å². The summed E-state index contributed by atoms with van der Waals surface area (Å²) >= 11 is 0. The van der Waals surface area contributed by atoms with Crippen LogP contribution in [0.2, 0.25) is 0 Å². The Hall–Kier alpha value is -2.70. The number of carbonyl (C=O) groups excluding carboxylic acids is 1. The highest BCUT2D eigenvalue weighted by Crippen LogP contribution is 2.22. The van der Waals surface area contributed by atoms with Gasteiger partial charge in [-0.1, -0.05) is 23.4 Å². The SMILES string of the molecule is Cc1c(CC(=O)N2CCCC(CCC(=O)O)C2)nnn1-c1ccccc1. The number of amides is 1. The second kappa shape index (κ2) is 8.12. The molecule has 1 fully saturated rings. The summed E-state index contributed by atoms with van der Waals surface area (Å²) in [6, 6.07) is 9.71. The van der Waals surface area contributed by atoms with Gasteiger partial charge in [0.1, 0.15) is 0 Å². The van der Waals surface area contributed by atoms with E-state index in [0.29, 0.717) is 18.7 Å². The second-order valence-corrected chi connectivity index (χ2v) is 6.83. The minimum atomic E-state index is -0.776. The lowest BCUT2D eigenvalue weighted by Gasteiger charge is -2.32. The fourth-order valence-corrected chi connectivity index (χ4v) is 3.45. The maximum atomic E-state index is 12.7. The molecule has 26 heavy (non-hydrogen) atoms.